The van der Waals surface area contributed by atoms with Crippen molar-refractivity contribution in [1.29, 1.82) is 0 Å². The van der Waals surface area contributed by atoms with Crippen molar-refractivity contribution in [3.8, 4) is 0 Å². The summed E-state index contributed by atoms with van der Waals surface area (Å²) in [6.45, 7) is 7.11. The van der Waals surface area contributed by atoms with E-state index in [0.717, 1.165) is 24.7 Å². The summed E-state index contributed by atoms with van der Waals surface area (Å²) in [5.74, 6) is 0.867. The summed E-state index contributed by atoms with van der Waals surface area (Å²) < 4.78 is 0. The Balaban J connectivity index is 1.47. The van der Waals surface area contributed by atoms with Crippen molar-refractivity contribution in [2.24, 2.45) is 5.92 Å². The molecule has 4 nitrogen and oxygen atoms in total. The van der Waals surface area contributed by atoms with Crippen molar-refractivity contribution in [3.05, 3.63) is 60.2 Å². The van der Waals surface area contributed by atoms with E-state index in [2.05, 4.69) is 53.6 Å². The molecule has 4 heteroatoms. The molecular formula is C22H30N3O+. The second-order valence-electron chi connectivity index (χ2n) is 7.40. The van der Waals surface area contributed by atoms with Gasteiger partial charge in [-0.05, 0) is 49.9 Å². The molecule has 0 saturated carbocycles. The molecule has 1 saturated heterocycles. The maximum atomic E-state index is 12.2. The molecule has 3 rings (SSSR count). The molecule has 0 aromatic heterocycles. The average molecular weight is 353 g/mol. The number of quaternary nitrogens is 1. The van der Waals surface area contributed by atoms with Crippen LogP contribution in [0.2, 0.25) is 0 Å². The fourth-order valence-corrected chi connectivity index (χ4v) is 3.41. The lowest BCUT2D eigenvalue weighted by atomic mass is 9.99. The molecule has 1 amide bonds. The van der Waals surface area contributed by atoms with Crippen LogP contribution in [0.15, 0.2) is 54.6 Å². The van der Waals surface area contributed by atoms with Crippen LogP contribution >= 0.6 is 0 Å². The van der Waals surface area contributed by atoms with Crippen LogP contribution in [0.1, 0.15) is 38.3 Å². The molecule has 0 bridgehead atoms. The van der Waals surface area contributed by atoms with Gasteiger partial charge in [-0.1, -0.05) is 37.3 Å². The van der Waals surface area contributed by atoms with Crippen molar-refractivity contribution in [2.45, 2.75) is 32.7 Å². The summed E-state index contributed by atoms with van der Waals surface area (Å²) in [5, 5.41) is 5.06. The van der Waals surface area contributed by atoms with Crippen LogP contribution in [-0.4, -0.2) is 25.5 Å². The summed E-state index contributed by atoms with van der Waals surface area (Å²) in [6.07, 6.45) is 2.52. The van der Waals surface area contributed by atoms with Gasteiger partial charge < -0.3 is 15.5 Å². The quantitative estimate of drug-likeness (QED) is 0.839. The first kappa shape index (κ1) is 18.5. The van der Waals surface area contributed by atoms with Crippen LogP contribution in [0, 0.1) is 5.92 Å². The van der Waals surface area contributed by atoms with Crippen molar-refractivity contribution >= 4 is 17.3 Å². The largest absolute Gasteiger partial charge is 0.372 e. The van der Waals surface area contributed by atoms with Gasteiger partial charge in [0.05, 0.1) is 0 Å². The van der Waals surface area contributed by atoms with E-state index in [-0.39, 0.29) is 11.9 Å². The number of benzene rings is 2. The molecule has 1 fully saturated rings. The SMILES string of the molecule is CC1CCN(c2ccc(NC(=O)C[NH2+][C@H](C)c3ccccc3)cc2)CC1. The molecule has 0 radical (unpaired) electrons. The maximum absolute atomic E-state index is 12.2. The topological polar surface area (TPSA) is 49.0 Å². The number of carbonyl (C=O) groups excluding carboxylic acids is 1. The Morgan fingerprint density at radius 2 is 1.77 bits per heavy atom. The Morgan fingerprint density at radius 1 is 1.12 bits per heavy atom. The second-order valence-corrected chi connectivity index (χ2v) is 7.40. The smallest absolute Gasteiger partial charge is 0.279 e. The fraction of sp³-hybridized carbons (Fsp3) is 0.409. The predicted octanol–water partition coefficient (Wildman–Crippen LogP) is 3.19. The summed E-state index contributed by atoms with van der Waals surface area (Å²) in [6, 6.07) is 18.8. The van der Waals surface area contributed by atoms with Gasteiger partial charge in [-0.3, -0.25) is 4.79 Å². The van der Waals surface area contributed by atoms with E-state index in [1.165, 1.54) is 24.1 Å². The monoisotopic (exact) mass is 352 g/mol. The van der Waals surface area contributed by atoms with Crippen LogP contribution in [-0.2, 0) is 4.79 Å². The van der Waals surface area contributed by atoms with Gasteiger partial charge in [0.25, 0.3) is 5.91 Å². The molecule has 0 unspecified atom stereocenters. The zero-order valence-electron chi connectivity index (χ0n) is 15.8. The molecule has 0 aliphatic carbocycles. The van der Waals surface area contributed by atoms with Crippen LogP contribution in [0.4, 0.5) is 11.4 Å². The van der Waals surface area contributed by atoms with Crippen molar-refractivity contribution < 1.29 is 10.1 Å². The van der Waals surface area contributed by atoms with E-state index < -0.39 is 0 Å². The number of carbonyl (C=O) groups is 1. The van der Waals surface area contributed by atoms with Gasteiger partial charge in [-0.2, -0.15) is 0 Å². The third-order valence-corrected chi connectivity index (χ3v) is 5.28. The predicted molar refractivity (Wildman–Crippen MR) is 107 cm³/mol. The van der Waals surface area contributed by atoms with Crippen LogP contribution < -0.4 is 15.5 Å². The molecule has 3 N–H and O–H groups in total. The zero-order chi connectivity index (χ0) is 18.4. The van der Waals surface area contributed by atoms with Crippen LogP contribution in [0.3, 0.4) is 0 Å². The maximum Gasteiger partial charge on any atom is 0.279 e. The fourth-order valence-electron chi connectivity index (χ4n) is 3.41. The average Bonchev–Trinajstić information content (AvgIpc) is 2.68. The van der Waals surface area contributed by atoms with E-state index in [9.17, 15) is 4.79 Å². The number of rotatable bonds is 6. The summed E-state index contributed by atoms with van der Waals surface area (Å²) in [7, 11) is 0. The second kappa shape index (κ2) is 8.86. The van der Waals surface area contributed by atoms with E-state index in [0.29, 0.717) is 6.54 Å². The molecule has 1 aliphatic rings. The lowest BCUT2D eigenvalue weighted by Gasteiger charge is -2.32. The molecule has 1 atom stereocenters. The number of hydrogen-bond donors (Lipinski definition) is 2. The molecule has 138 valence electrons. The molecule has 2 aromatic rings. The van der Waals surface area contributed by atoms with E-state index in [1.54, 1.807) is 0 Å². The highest BCUT2D eigenvalue weighted by molar-refractivity contribution is 5.91. The Morgan fingerprint density at radius 3 is 2.42 bits per heavy atom. The highest BCUT2D eigenvalue weighted by atomic mass is 16.1. The Bertz CT molecular complexity index is 691. The first-order valence-corrected chi connectivity index (χ1v) is 9.65. The minimum atomic E-state index is 0.0346. The molecule has 2 aromatic carbocycles. The van der Waals surface area contributed by atoms with Gasteiger partial charge in [0.2, 0.25) is 0 Å². The Labute approximate surface area is 156 Å². The van der Waals surface area contributed by atoms with Gasteiger partial charge in [-0.15, -0.1) is 0 Å². The van der Waals surface area contributed by atoms with Gasteiger partial charge in [0.15, 0.2) is 6.54 Å². The number of amides is 1. The number of nitrogens with one attached hydrogen (secondary N) is 1. The number of nitrogens with two attached hydrogens (primary N) is 1. The summed E-state index contributed by atoms with van der Waals surface area (Å²) >= 11 is 0. The Kier molecular flexibility index (Phi) is 6.29. The molecule has 1 aliphatic heterocycles. The number of anilines is 2. The van der Waals surface area contributed by atoms with Crippen LogP contribution in [0.25, 0.3) is 0 Å². The number of hydrogen-bond acceptors (Lipinski definition) is 2. The van der Waals surface area contributed by atoms with Crippen molar-refractivity contribution in [1.82, 2.24) is 0 Å². The lowest BCUT2D eigenvalue weighted by molar-refractivity contribution is -0.682. The highest BCUT2D eigenvalue weighted by Gasteiger charge is 2.16. The van der Waals surface area contributed by atoms with E-state index >= 15 is 0 Å². The van der Waals surface area contributed by atoms with Gasteiger partial charge in [0.1, 0.15) is 6.04 Å². The first-order valence-electron chi connectivity index (χ1n) is 9.65. The van der Waals surface area contributed by atoms with Gasteiger partial charge in [0, 0.05) is 30.0 Å². The molecule has 1 heterocycles. The van der Waals surface area contributed by atoms with Crippen molar-refractivity contribution in [2.75, 3.05) is 29.9 Å². The third-order valence-electron chi connectivity index (χ3n) is 5.28. The van der Waals surface area contributed by atoms with Gasteiger partial charge in [-0.25, -0.2) is 0 Å². The van der Waals surface area contributed by atoms with E-state index in [4.69, 9.17) is 0 Å². The molecule has 26 heavy (non-hydrogen) atoms. The summed E-state index contributed by atoms with van der Waals surface area (Å²) in [5.41, 5.74) is 3.35. The third kappa shape index (κ3) is 5.09. The number of nitrogens with zero attached hydrogens (tertiary/aromatic N) is 1. The summed E-state index contributed by atoms with van der Waals surface area (Å²) in [4.78, 5) is 14.6. The minimum Gasteiger partial charge on any atom is -0.372 e. The van der Waals surface area contributed by atoms with Crippen molar-refractivity contribution in [3.63, 3.8) is 0 Å². The normalized spacial score (nSPS) is 16.3. The molecule has 0 spiro atoms. The Hall–Kier alpha value is -2.33. The lowest BCUT2D eigenvalue weighted by Crippen LogP contribution is -2.86. The zero-order valence-corrected chi connectivity index (χ0v) is 15.8. The minimum absolute atomic E-state index is 0.0346. The first-order chi connectivity index (χ1) is 12.6. The molecular weight excluding hydrogens is 322 g/mol. The standard InChI is InChI=1S/C22H29N3O/c1-17-12-14-25(15-13-17)21-10-8-20(9-11-21)24-22(26)16-23-18(2)19-6-4-3-5-7-19/h3-11,17-18,23H,12-16H2,1-2H3,(H,24,26)/p+1/t18-/m1/s1. The van der Waals surface area contributed by atoms with Crippen LogP contribution in [0.5, 0.6) is 0 Å². The highest BCUT2D eigenvalue weighted by Crippen LogP contribution is 2.24. The van der Waals surface area contributed by atoms with E-state index in [1.807, 2.05) is 30.3 Å². The van der Waals surface area contributed by atoms with Gasteiger partial charge >= 0.3 is 0 Å². The number of piperidine rings is 1.